The zero-order valence-electron chi connectivity index (χ0n) is 12.5. The van der Waals surface area contributed by atoms with Gasteiger partial charge in [0.25, 0.3) is 0 Å². The van der Waals surface area contributed by atoms with Crippen LogP contribution in [0.25, 0.3) is 0 Å². The quantitative estimate of drug-likeness (QED) is 0.863. The zero-order chi connectivity index (χ0) is 15.4. The Balaban J connectivity index is 1.71. The molecule has 1 aliphatic heterocycles. The molecule has 3 rings (SSSR count). The summed E-state index contributed by atoms with van der Waals surface area (Å²) in [5, 5.41) is 0. The summed E-state index contributed by atoms with van der Waals surface area (Å²) in [4.78, 5) is 20.9. The van der Waals surface area contributed by atoms with Gasteiger partial charge in [-0.1, -0.05) is 0 Å². The minimum Gasteiger partial charge on any atom is -0.378 e. The number of nitrogens with two attached hydrogens (primary N) is 1. The fraction of sp³-hybridized carbons (Fsp3) is 0.429. The predicted octanol–water partition coefficient (Wildman–Crippen LogP) is 0.322. The first-order valence-electron chi connectivity index (χ1n) is 7.14. The van der Waals surface area contributed by atoms with Crippen molar-refractivity contribution in [3.05, 3.63) is 30.4 Å². The summed E-state index contributed by atoms with van der Waals surface area (Å²) in [7, 11) is 1.97. The van der Waals surface area contributed by atoms with Crippen LogP contribution in [-0.4, -0.2) is 53.3 Å². The minimum atomic E-state index is 0.281. The van der Waals surface area contributed by atoms with Gasteiger partial charge in [0.2, 0.25) is 5.95 Å². The van der Waals surface area contributed by atoms with E-state index in [1.165, 1.54) is 0 Å². The fourth-order valence-electron chi connectivity index (χ4n) is 2.31. The molecule has 0 radical (unpaired) electrons. The van der Waals surface area contributed by atoms with Gasteiger partial charge in [-0.05, 0) is 0 Å². The molecular weight excluding hydrogens is 282 g/mol. The lowest BCUT2D eigenvalue weighted by molar-refractivity contribution is 0.122. The molecule has 2 N–H and O–H groups in total. The predicted molar refractivity (Wildman–Crippen MR) is 83.6 cm³/mol. The fourth-order valence-corrected chi connectivity index (χ4v) is 2.31. The molecule has 0 unspecified atom stereocenters. The smallest absolute Gasteiger partial charge is 0.219 e. The van der Waals surface area contributed by atoms with E-state index < -0.39 is 0 Å². The molecular formula is C14H19N7O. The second-order valence-electron chi connectivity index (χ2n) is 5.14. The van der Waals surface area contributed by atoms with Gasteiger partial charge in [0, 0.05) is 50.7 Å². The van der Waals surface area contributed by atoms with Gasteiger partial charge in [-0.25, -0.2) is 19.9 Å². The zero-order valence-corrected chi connectivity index (χ0v) is 12.5. The standard InChI is InChI=1S/C14H19N7O/c1-20(9-11-7-16-14(15)17-8-11)12-6-13(19-10-18-12)21-2-4-22-5-3-21/h6-8,10H,2-5,9H2,1H3,(H2,15,16,17). The van der Waals surface area contributed by atoms with E-state index in [4.69, 9.17) is 10.5 Å². The van der Waals surface area contributed by atoms with Gasteiger partial charge in [-0.2, -0.15) is 0 Å². The first kappa shape index (κ1) is 14.5. The number of hydrogen-bond acceptors (Lipinski definition) is 8. The molecule has 1 fully saturated rings. The van der Waals surface area contributed by atoms with E-state index >= 15 is 0 Å². The van der Waals surface area contributed by atoms with Crippen LogP contribution < -0.4 is 15.5 Å². The number of aromatic nitrogens is 4. The summed E-state index contributed by atoms with van der Waals surface area (Å²) in [6.45, 7) is 3.83. The Morgan fingerprint density at radius 3 is 2.64 bits per heavy atom. The molecule has 116 valence electrons. The van der Waals surface area contributed by atoms with Crippen LogP contribution in [0, 0.1) is 0 Å². The first-order valence-corrected chi connectivity index (χ1v) is 7.14. The molecule has 2 aromatic heterocycles. The van der Waals surface area contributed by atoms with Gasteiger partial charge in [0.05, 0.1) is 13.2 Å². The second-order valence-corrected chi connectivity index (χ2v) is 5.14. The molecule has 0 spiro atoms. The Hall–Kier alpha value is -2.48. The van der Waals surface area contributed by atoms with E-state index in [0.717, 1.165) is 43.5 Å². The third-order valence-electron chi connectivity index (χ3n) is 3.51. The number of nitrogens with zero attached hydrogens (tertiary/aromatic N) is 6. The summed E-state index contributed by atoms with van der Waals surface area (Å²) in [6.07, 6.45) is 5.04. The number of hydrogen-bond donors (Lipinski definition) is 1. The van der Waals surface area contributed by atoms with Crippen LogP contribution in [0.3, 0.4) is 0 Å². The van der Waals surface area contributed by atoms with Gasteiger partial charge in [0.1, 0.15) is 18.0 Å². The van der Waals surface area contributed by atoms with Crippen molar-refractivity contribution in [1.29, 1.82) is 0 Å². The van der Waals surface area contributed by atoms with Crippen LogP contribution in [0.5, 0.6) is 0 Å². The molecule has 0 amide bonds. The van der Waals surface area contributed by atoms with E-state index in [1.807, 2.05) is 18.0 Å². The lowest BCUT2D eigenvalue weighted by Crippen LogP contribution is -2.36. The highest BCUT2D eigenvalue weighted by Gasteiger charge is 2.14. The highest BCUT2D eigenvalue weighted by atomic mass is 16.5. The highest BCUT2D eigenvalue weighted by Crippen LogP contribution is 2.18. The lowest BCUT2D eigenvalue weighted by Gasteiger charge is -2.28. The first-order chi connectivity index (χ1) is 10.7. The highest BCUT2D eigenvalue weighted by molar-refractivity contribution is 5.50. The third kappa shape index (κ3) is 3.40. The van der Waals surface area contributed by atoms with E-state index in [-0.39, 0.29) is 5.95 Å². The van der Waals surface area contributed by atoms with E-state index in [2.05, 4.69) is 24.8 Å². The number of ether oxygens (including phenoxy) is 1. The molecule has 0 bridgehead atoms. The van der Waals surface area contributed by atoms with Gasteiger partial charge in [-0.3, -0.25) is 0 Å². The lowest BCUT2D eigenvalue weighted by atomic mass is 10.3. The van der Waals surface area contributed by atoms with Crippen LogP contribution in [0.4, 0.5) is 17.6 Å². The number of nitrogen functional groups attached to an aromatic ring is 1. The third-order valence-corrected chi connectivity index (χ3v) is 3.51. The number of anilines is 3. The summed E-state index contributed by atoms with van der Waals surface area (Å²) < 4.78 is 5.37. The summed E-state index contributed by atoms with van der Waals surface area (Å²) in [6, 6.07) is 1.99. The molecule has 2 aromatic rings. The van der Waals surface area contributed by atoms with E-state index in [9.17, 15) is 0 Å². The van der Waals surface area contributed by atoms with Gasteiger partial charge in [-0.15, -0.1) is 0 Å². The Kier molecular flexibility index (Phi) is 4.29. The van der Waals surface area contributed by atoms with Gasteiger partial charge in [0.15, 0.2) is 0 Å². The van der Waals surface area contributed by atoms with Gasteiger partial charge < -0.3 is 20.3 Å². The van der Waals surface area contributed by atoms with Crippen LogP contribution in [-0.2, 0) is 11.3 Å². The van der Waals surface area contributed by atoms with Crippen molar-refractivity contribution in [2.45, 2.75) is 6.54 Å². The normalized spacial score (nSPS) is 14.9. The molecule has 1 saturated heterocycles. The molecule has 8 heteroatoms. The van der Waals surface area contributed by atoms with E-state index in [0.29, 0.717) is 6.54 Å². The largest absolute Gasteiger partial charge is 0.378 e. The Bertz CT molecular complexity index is 613. The second kappa shape index (κ2) is 6.52. The van der Waals surface area contributed by atoms with Crippen LogP contribution in [0.1, 0.15) is 5.56 Å². The van der Waals surface area contributed by atoms with E-state index in [1.54, 1.807) is 18.7 Å². The van der Waals surface area contributed by atoms with Crippen molar-refractivity contribution in [3.63, 3.8) is 0 Å². The van der Waals surface area contributed by atoms with Crippen LogP contribution >= 0.6 is 0 Å². The molecule has 8 nitrogen and oxygen atoms in total. The monoisotopic (exact) mass is 301 g/mol. The van der Waals surface area contributed by atoms with Crippen molar-refractivity contribution < 1.29 is 4.74 Å². The Labute approximate surface area is 129 Å². The molecule has 0 saturated carbocycles. The SMILES string of the molecule is CN(Cc1cnc(N)nc1)c1cc(N2CCOCC2)ncn1. The van der Waals surface area contributed by atoms with Crippen molar-refractivity contribution in [2.24, 2.45) is 0 Å². The van der Waals surface area contributed by atoms with Crippen molar-refractivity contribution in [3.8, 4) is 0 Å². The Morgan fingerprint density at radius 1 is 1.18 bits per heavy atom. The minimum absolute atomic E-state index is 0.281. The van der Waals surface area contributed by atoms with Crippen molar-refractivity contribution in [2.75, 3.05) is 48.9 Å². The molecule has 22 heavy (non-hydrogen) atoms. The Morgan fingerprint density at radius 2 is 1.91 bits per heavy atom. The molecule has 0 atom stereocenters. The molecule has 0 aliphatic carbocycles. The maximum absolute atomic E-state index is 5.50. The molecule has 1 aliphatic rings. The van der Waals surface area contributed by atoms with Crippen LogP contribution in [0.2, 0.25) is 0 Å². The number of morpholine rings is 1. The summed E-state index contributed by atoms with van der Waals surface area (Å²) in [5.41, 5.74) is 6.47. The topological polar surface area (TPSA) is 93.3 Å². The van der Waals surface area contributed by atoms with Gasteiger partial charge >= 0.3 is 0 Å². The maximum atomic E-state index is 5.50. The molecule has 3 heterocycles. The maximum Gasteiger partial charge on any atom is 0.219 e. The van der Waals surface area contributed by atoms with Crippen LogP contribution in [0.15, 0.2) is 24.8 Å². The average Bonchev–Trinajstić information content (AvgIpc) is 2.58. The van der Waals surface area contributed by atoms with Crippen molar-refractivity contribution >= 4 is 17.6 Å². The molecule has 0 aromatic carbocycles. The number of rotatable bonds is 4. The summed E-state index contributed by atoms with van der Waals surface area (Å²) in [5.74, 6) is 2.06. The van der Waals surface area contributed by atoms with Crippen molar-refractivity contribution in [1.82, 2.24) is 19.9 Å². The summed E-state index contributed by atoms with van der Waals surface area (Å²) >= 11 is 0. The average molecular weight is 301 g/mol.